The molecular formula is C16H19NO. The highest BCUT2D eigenvalue weighted by Crippen LogP contribution is 2.21. The van der Waals surface area contributed by atoms with Crippen molar-refractivity contribution in [3.63, 3.8) is 0 Å². The van der Waals surface area contributed by atoms with Crippen molar-refractivity contribution >= 4 is 11.0 Å². The lowest BCUT2D eigenvalue weighted by molar-refractivity contribution is 0.599. The molecule has 1 heterocycles. The minimum atomic E-state index is 0.394. The predicted octanol–water partition coefficient (Wildman–Crippen LogP) is 4.82. The molecule has 0 aliphatic heterocycles. The first-order chi connectivity index (χ1) is 8.83. The Labute approximate surface area is 108 Å². The van der Waals surface area contributed by atoms with Gasteiger partial charge in [0.15, 0.2) is 0 Å². The van der Waals surface area contributed by atoms with Gasteiger partial charge in [0.1, 0.15) is 11.7 Å². The molecule has 0 saturated carbocycles. The average molecular weight is 241 g/mol. The van der Waals surface area contributed by atoms with Crippen LogP contribution in [-0.4, -0.2) is 0 Å². The lowest BCUT2D eigenvalue weighted by atomic mass is 10.0. The monoisotopic (exact) mass is 241 g/mol. The molecule has 2 aromatic rings. The second kappa shape index (κ2) is 6.26. The molecule has 0 radical (unpaired) electrons. The third-order valence-corrected chi connectivity index (χ3v) is 3.26. The van der Waals surface area contributed by atoms with E-state index in [2.05, 4.69) is 19.1 Å². The van der Waals surface area contributed by atoms with E-state index in [4.69, 9.17) is 9.68 Å². The SMILES string of the molecule is CCCCCCCc1ccc2oc(C#N)cc2c1. The Kier molecular flexibility index (Phi) is 4.41. The van der Waals surface area contributed by atoms with Gasteiger partial charge in [0, 0.05) is 11.5 Å². The molecule has 0 amide bonds. The van der Waals surface area contributed by atoms with E-state index in [0.717, 1.165) is 17.4 Å². The van der Waals surface area contributed by atoms with E-state index in [1.807, 2.05) is 18.2 Å². The van der Waals surface area contributed by atoms with E-state index in [1.165, 1.54) is 37.7 Å². The maximum Gasteiger partial charge on any atom is 0.204 e. The summed E-state index contributed by atoms with van der Waals surface area (Å²) in [5, 5.41) is 9.83. The van der Waals surface area contributed by atoms with Gasteiger partial charge in [-0.05, 0) is 30.5 Å². The van der Waals surface area contributed by atoms with Crippen LogP contribution < -0.4 is 0 Å². The third-order valence-electron chi connectivity index (χ3n) is 3.26. The van der Waals surface area contributed by atoms with Crippen molar-refractivity contribution in [2.24, 2.45) is 0 Å². The smallest absolute Gasteiger partial charge is 0.204 e. The van der Waals surface area contributed by atoms with Crippen LogP contribution in [0.15, 0.2) is 28.7 Å². The predicted molar refractivity (Wildman–Crippen MR) is 73.4 cm³/mol. The van der Waals surface area contributed by atoms with Crippen molar-refractivity contribution in [1.82, 2.24) is 0 Å². The fraction of sp³-hybridized carbons (Fsp3) is 0.438. The van der Waals surface area contributed by atoms with E-state index in [9.17, 15) is 0 Å². The van der Waals surface area contributed by atoms with Crippen LogP contribution in [0, 0.1) is 11.3 Å². The van der Waals surface area contributed by atoms with E-state index in [1.54, 1.807) is 0 Å². The van der Waals surface area contributed by atoms with Crippen molar-refractivity contribution in [3.05, 3.63) is 35.6 Å². The van der Waals surface area contributed by atoms with Crippen molar-refractivity contribution in [3.8, 4) is 6.07 Å². The van der Waals surface area contributed by atoms with E-state index >= 15 is 0 Å². The zero-order valence-corrected chi connectivity index (χ0v) is 10.9. The molecular weight excluding hydrogens is 222 g/mol. The quantitative estimate of drug-likeness (QED) is 0.680. The number of furan rings is 1. The van der Waals surface area contributed by atoms with Crippen LogP contribution >= 0.6 is 0 Å². The maximum absolute atomic E-state index is 8.79. The number of unbranched alkanes of at least 4 members (excludes halogenated alkanes) is 4. The van der Waals surface area contributed by atoms with E-state index in [0.29, 0.717) is 5.76 Å². The normalized spacial score (nSPS) is 10.7. The summed E-state index contributed by atoms with van der Waals surface area (Å²) in [6.07, 6.45) is 7.63. The molecule has 18 heavy (non-hydrogen) atoms. The van der Waals surface area contributed by atoms with Crippen molar-refractivity contribution in [2.45, 2.75) is 45.4 Å². The van der Waals surface area contributed by atoms with Crippen LogP contribution in [0.4, 0.5) is 0 Å². The molecule has 2 nitrogen and oxygen atoms in total. The molecule has 0 N–H and O–H groups in total. The molecule has 0 aliphatic carbocycles. The van der Waals surface area contributed by atoms with Crippen LogP contribution in [-0.2, 0) is 6.42 Å². The summed E-state index contributed by atoms with van der Waals surface area (Å²) in [6.45, 7) is 2.24. The zero-order valence-electron chi connectivity index (χ0n) is 10.9. The van der Waals surface area contributed by atoms with Gasteiger partial charge in [0.05, 0.1) is 0 Å². The van der Waals surface area contributed by atoms with Gasteiger partial charge in [0.2, 0.25) is 5.76 Å². The van der Waals surface area contributed by atoms with Gasteiger partial charge in [-0.3, -0.25) is 0 Å². The Morgan fingerprint density at radius 1 is 1.11 bits per heavy atom. The first-order valence-electron chi connectivity index (χ1n) is 6.76. The highest BCUT2D eigenvalue weighted by atomic mass is 16.3. The van der Waals surface area contributed by atoms with Gasteiger partial charge in [-0.15, -0.1) is 0 Å². The molecule has 0 bridgehead atoms. The number of nitriles is 1. The molecule has 0 atom stereocenters. The maximum atomic E-state index is 8.79. The Hall–Kier alpha value is -1.75. The average Bonchev–Trinajstić information content (AvgIpc) is 2.80. The Morgan fingerprint density at radius 3 is 2.72 bits per heavy atom. The van der Waals surface area contributed by atoms with Crippen molar-refractivity contribution in [1.29, 1.82) is 5.26 Å². The summed E-state index contributed by atoms with van der Waals surface area (Å²) >= 11 is 0. The topological polar surface area (TPSA) is 36.9 Å². The van der Waals surface area contributed by atoms with Gasteiger partial charge in [-0.2, -0.15) is 5.26 Å². The molecule has 1 aromatic carbocycles. The number of nitrogens with zero attached hydrogens (tertiary/aromatic N) is 1. The first kappa shape index (κ1) is 12.7. The molecule has 2 heteroatoms. The first-order valence-corrected chi connectivity index (χ1v) is 6.76. The van der Waals surface area contributed by atoms with E-state index < -0.39 is 0 Å². The van der Waals surface area contributed by atoms with Crippen LogP contribution in [0.1, 0.15) is 50.4 Å². The van der Waals surface area contributed by atoms with Crippen LogP contribution in [0.5, 0.6) is 0 Å². The minimum absolute atomic E-state index is 0.394. The third kappa shape index (κ3) is 3.13. The summed E-state index contributed by atoms with van der Waals surface area (Å²) in [5.74, 6) is 0.394. The second-order valence-electron chi connectivity index (χ2n) is 4.76. The highest BCUT2D eigenvalue weighted by molar-refractivity contribution is 5.79. The molecule has 94 valence electrons. The molecule has 0 saturated heterocycles. The largest absolute Gasteiger partial charge is 0.446 e. The molecule has 0 fully saturated rings. The van der Waals surface area contributed by atoms with Gasteiger partial charge in [-0.1, -0.05) is 38.7 Å². The lowest BCUT2D eigenvalue weighted by Gasteiger charge is -2.01. The number of fused-ring (bicyclic) bond motifs is 1. The lowest BCUT2D eigenvalue weighted by Crippen LogP contribution is -1.85. The molecule has 2 rings (SSSR count). The zero-order chi connectivity index (χ0) is 12.8. The Morgan fingerprint density at radius 2 is 1.94 bits per heavy atom. The van der Waals surface area contributed by atoms with Gasteiger partial charge < -0.3 is 4.42 Å². The van der Waals surface area contributed by atoms with Crippen LogP contribution in [0.2, 0.25) is 0 Å². The Bertz CT molecular complexity index is 548. The molecule has 0 spiro atoms. The molecule has 1 aromatic heterocycles. The summed E-state index contributed by atoms with van der Waals surface area (Å²) in [4.78, 5) is 0. The van der Waals surface area contributed by atoms with Crippen molar-refractivity contribution < 1.29 is 4.42 Å². The number of benzene rings is 1. The highest BCUT2D eigenvalue weighted by Gasteiger charge is 2.03. The standard InChI is InChI=1S/C16H19NO/c1-2-3-4-5-6-7-13-8-9-16-14(10-13)11-15(12-17)18-16/h8-11H,2-7H2,1H3. The summed E-state index contributed by atoms with van der Waals surface area (Å²) in [5.41, 5.74) is 2.14. The number of aryl methyl sites for hydroxylation is 1. The van der Waals surface area contributed by atoms with Gasteiger partial charge in [-0.25, -0.2) is 0 Å². The summed E-state index contributed by atoms with van der Waals surface area (Å²) in [6, 6.07) is 10.1. The fourth-order valence-corrected chi connectivity index (χ4v) is 2.24. The van der Waals surface area contributed by atoms with Crippen LogP contribution in [0.25, 0.3) is 11.0 Å². The summed E-state index contributed by atoms with van der Waals surface area (Å²) < 4.78 is 5.37. The number of hydrogen-bond acceptors (Lipinski definition) is 2. The summed E-state index contributed by atoms with van der Waals surface area (Å²) in [7, 11) is 0. The minimum Gasteiger partial charge on any atom is -0.446 e. The molecule has 0 aliphatic rings. The van der Waals surface area contributed by atoms with Crippen LogP contribution in [0.3, 0.4) is 0 Å². The Balaban J connectivity index is 1.95. The van der Waals surface area contributed by atoms with E-state index in [-0.39, 0.29) is 0 Å². The second-order valence-corrected chi connectivity index (χ2v) is 4.76. The molecule has 0 unspecified atom stereocenters. The van der Waals surface area contributed by atoms with Gasteiger partial charge >= 0.3 is 0 Å². The van der Waals surface area contributed by atoms with Gasteiger partial charge in [0.25, 0.3) is 0 Å². The fourth-order valence-electron chi connectivity index (χ4n) is 2.24. The van der Waals surface area contributed by atoms with Crippen molar-refractivity contribution in [2.75, 3.05) is 0 Å². The number of hydrogen-bond donors (Lipinski definition) is 0. The number of rotatable bonds is 6.